The van der Waals surface area contributed by atoms with Gasteiger partial charge in [-0.1, -0.05) is 25.0 Å². The number of halogens is 1. The molecule has 1 atom stereocenters. The number of likely N-dealkylation sites (tertiary alicyclic amines) is 1. The van der Waals surface area contributed by atoms with Crippen LogP contribution in [0.3, 0.4) is 0 Å². The summed E-state index contributed by atoms with van der Waals surface area (Å²) in [6.45, 7) is 0.565. The van der Waals surface area contributed by atoms with Gasteiger partial charge in [-0.05, 0) is 61.6 Å². The minimum absolute atomic E-state index is 0.0229. The van der Waals surface area contributed by atoms with Crippen molar-refractivity contribution in [3.63, 3.8) is 0 Å². The van der Waals surface area contributed by atoms with Crippen molar-refractivity contribution in [2.75, 3.05) is 13.7 Å². The lowest BCUT2D eigenvalue weighted by Crippen LogP contribution is -2.33. The first-order chi connectivity index (χ1) is 14.9. The van der Waals surface area contributed by atoms with Gasteiger partial charge in [0, 0.05) is 18.2 Å². The Balaban J connectivity index is 1.62. The number of benzene rings is 2. The zero-order valence-corrected chi connectivity index (χ0v) is 18.3. The molecule has 1 saturated heterocycles. The zero-order chi connectivity index (χ0) is 22.0. The molecule has 1 N–H and O–H groups in total. The summed E-state index contributed by atoms with van der Waals surface area (Å²) in [5.74, 6) is -0.357. The lowest BCUT2D eigenvalue weighted by Gasteiger charge is -2.25. The van der Waals surface area contributed by atoms with E-state index in [-0.39, 0.29) is 34.5 Å². The minimum Gasteiger partial charge on any atom is -0.495 e. The van der Waals surface area contributed by atoms with Gasteiger partial charge in [-0.2, -0.15) is 0 Å². The molecule has 1 heterocycles. The van der Waals surface area contributed by atoms with Crippen molar-refractivity contribution in [2.24, 2.45) is 0 Å². The number of carbonyl (C=O) groups excluding carboxylic acids is 1. The summed E-state index contributed by atoms with van der Waals surface area (Å²) in [6, 6.07) is 10.4. The Labute approximate surface area is 182 Å². The largest absolute Gasteiger partial charge is 0.495 e. The third-order valence-electron chi connectivity index (χ3n) is 6.15. The molecule has 1 aliphatic carbocycles. The van der Waals surface area contributed by atoms with E-state index >= 15 is 0 Å². The van der Waals surface area contributed by atoms with E-state index in [1.807, 2.05) is 0 Å². The van der Waals surface area contributed by atoms with Gasteiger partial charge in [0.05, 0.1) is 13.2 Å². The van der Waals surface area contributed by atoms with Crippen LogP contribution in [-0.4, -0.2) is 38.9 Å². The first kappa shape index (κ1) is 21.8. The second kappa shape index (κ2) is 8.96. The highest BCUT2D eigenvalue weighted by Gasteiger charge is 2.32. The van der Waals surface area contributed by atoms with Crippen LogP contribution in [0.25, 0.3) is 0 Å². The molecule has 4 rings (SSSR count). The average molecular weight is 447 g/mol. The van der Waals surface area contributed by atoms with E-state index < -0.39 is 10.0 Å². The fourth-order valence-corrected chi connectivity index (χ4v) is 6.05. The molecule has 0 radical (unpaired) electrons. The summed E-state index contributed by atoms with van der Waals surface area (Å²) >= 11 is 0. The molecule has 1 aliphatic heterocycles. The average Bonchev–Trinajstić information content (AvgIpc) is 3.45. The number of hydrogen-bond acceptors (Lipinski definition) is 4. The third kappa shape index (κ3) is 4.60. The van der Waals surface area contributed by atoms with Gasteiger partial charge < -0.3 is 9.64 Å². The van der Waals surface area contributed by atoms with E-state index in [9.17, 15) is 17.6 Å². The maximum Gasteiger partial charge on any atom is 0.254 e. The van der Waals surface area contributed by atoms with Gasteiger partial charge >= 0.3 is 0 Å². The highest BCUT2D eigenvalue weighted by Crippen LogP contribution is 2.34. The van der Waals surface area contributed by atoms with E-state index in [0.717, 1.165) is 44.1 Å². The standard InChI is InChI=1S/C23H27FN2O4S/c1-30-21-13-10-17(15-22(21)31(28,29)25-19-5-2-3-6-19)23(27)26-14-4-7-20(26)16-8-11-18(24)12-9-16/h8-13,15,19-20,25H,2-7,14H2,1H3/t20-/m1/s1. The van der Waals surface area contributed by atoms with Crippen LogP contribution in [0.2, 0.25) is 0 Å². The number of hydrogen-bond donors (Lipinski definition) is 1. The lowest BCUT2D eigenvalue weighted by molar-refractivity contribution is 0.0735. The normalized spacial score (nSPS) is 19.7. The van der Waals surface area contributed by atoms with Crippen LogP contribution >= 0.6 is 0 Å². The zero-order valence-electron chi connectivity index (χ0n) is 17.5. The lowest BCUT2D eigenvalue weighted by atomic mass is 10.0. The van der Waals surface area contributed by atoms with Crippen LogP contribution in [0.1, 0.15) is 60.5 Å². The number of nitrogens with one attached hydrogen (secondary N) is 1. The predicted molar refractivity (Wildman–Crippen MR) is 115 cm³/mol. The number of carbonyl (C=O) groups is 1. The van der Waals surface area contributed by atoms with Crippen LogP contribution in [-0.2, 0) is 10.0 Å². The van der Waals surface area contributed by atoms with E-state index in [1.54, 1.807) is 23.1 Å². The Morgan fingerprint density at radius 2 is 1.77 bits per heavy atom. The van der Waals surface area contributed by atoms with Gasteiger partial charge in [-0.25, -0.2) is 17.5 Å². The molecule has 166 valence electrons. The van der Waals surface area contributed by atoms with Gasteiger partial charge in [-0.3, -0.25) is 4.79 Å². The number of amides is 1. The fraction of sp³-hybridized carbons (Fsp3) is 0.435. The van der Waals surface area contributed by atoms with Gasteiger partial charge in [0.1, 0.15) is 16.5 Å². The molecule has 1 amide bonds. The Morgan fingerprint density at radius 1 is 1.06 bits per heavy atom. The van der Waals surface area contributed by atoms with E-state index in [0.29, 0.717) is 12.1 Å². The van der Waals surface area contributed by atoms with Gasteiger partial charge in [0.25, 0.3) is 5.91 Å². The fourth-order valence-electron chi connectivity index (χ4n) is 4.55. The van der Waals surface area contributed by atoms with Gasteiger partial charge in [0.15, 0.2) is 0 Å². The molecule has 0 aromatic heterocycles. The molecule has 0 spiro atoms. The summed E-state index contributed by atoms with van der Waals surface area (Å²) in [7, 11) is -2.41. The Bertz CT molecular complexity index is 1050. The smallest absolute Gasteiger partial charge is 0.254 e. The monoisotopic (exact) mass is 446 g/mol. The van der Waals surface area contributed by atoms with Crippen LogP contribution in [0.15, 0.2) is 47.4 Å². The quantitative estimate of drug-likeness (QED) is 0.727. The Morgan fingerprint density at radius 3 is 2.45 bits per heavy atom. The predicted octanol–water partition coefficient (Wildman–Crippen LogP) is 4.03. The molecular formula is C23H27FN2O4S. The first-order valence-electron chi connectivity index (χ1n) is 10.7. The van der Waals surface area contributed by atoms with Gasteiger partial charge in [0.2, 0.25) is 10.0 Å². The highest BCUT2D eigenvalue weighted by molar-refractivity contribution is 7.89. The number of sulfonamides is 1. The van der Waals surface area contributed by atoms with Crippen molar-refractivity contribution >= 4 is 15.9 Å². The summed E-state index contributed by atoms with van der Waals surface area (Å²) in [4.78, 5) is 15.0. The number of rotatable bonds is 6. The SMILES string of the molecule is COc1ccc(C(=O)N2CCC[C@@H]2c2ccc(F)cc2)cc1S(=O)(=O)NC1CCCC1. The number of ether oxygens (including phenoxy) is 1. The molecule has 2 aromatic carbocycles. The van der Waals surface area contributed by atoms with Crippen molar-refractivity contribution in [3.05, 3.63) is 59.4 Å². The second-order valence-electron chi connectivity index (χ2n) is 8.18. The van der Waals surface area contributed by atoms with E-state index in [2.05, 4.69) is 4.72 Å². The third-order valence-corrected chi connectivity index (χ3v) is 7.69. The maximum atomic E-state index is 13.3. The van der Waals surface area contributed by atoms with Crippen molar-refractivity contribution < 1.29 is 22.3 Å². The number of nitrogens with zero attached hydrogens (tertiary/aromatic N) is 1. The molecule has 0 bridgehead atoms. The molecule has 31 heavy (non-hydrogen) atoms. The second-order valence-corrected chi connectivity index (χ2v) is 9.86. The molecule has 8 heteroatoms. The van der Waals surface area contributed by atoms with Crippen LogP contribution in [0.4, 0.5) is 4.39 Å². The van der Waals surface area contributed by atoms with E-state index in [1.165, 1.54) is 31.4 Å². The van der Waals surface area contributed by atoms with E-state index in [4.69, 9.17) is 4.74 Å². The van der Waals surface area contributed by atoms with Crippen LogP contribution in [0.5, 0.6) is 5.75 Å². The first-order valence-corrected chi connectivity index (χ1v) is 12.1. The Hall–Kier alpha value is -2.45. The minimum atomic E-state index is -3.82. The van der Waals surface area contributed by atoms with Crippen molar-refractivity contribution in [3.8, 4) is 5.75 Å². The maximum absolute atomic E-state index is 13.3. The summed E-state index contributed by atoms with van der Waals surface area (Å²) < 4.78 is 47.4. The van der Waals surface area contributed by atoms with Crippen LogP contribution in [0, 0.1) is 5.82 Å². The summed E-state index contributed by atoms with van der Waals surface area (Å²) in [5.41, 5.74) is 1.16. The topological polar surface area (TPSA) is 75.7 Å². The Kier molecular flexibility index (Phi) is 6.29. The highest BCUT2D eigenvalue weighted by atomic mass is 32.2. The van der Waals surface area contributed by atoms with Crippen molar-refractivity contribution in [1.29, 1.82) is 0 Å². The molecular weight excluding hydrogens is 419 g/mol. The summed E-state index contributed by atoms with van der Waals surface area (Å²) in [6.07, 6.45) is 5.24. The molecule has 2 aromatic rings. The number of methoxy groups -OCH3 is 1. The molecule has 0 unspecified atom stereocenters. The van der Waals surface area contributed by atoms with Crippen molar-refractivity contribution in [1.82, 2.24) is 9.62 Å². The molecule has 1 saturated carbocycles. The molecule has 6 nitrogen and oxygen atoms in total. The van der Waals surface area contributed by atoms with Gasteiger partial charge in [-0.15, -0.1) is 0 Å². The molecule has 2 fully saturated rings. The van der Waals surface area contributed by atoms with Crippen molar-refractivity contribution in [2.45, 2.75) is 55.5 Å². The molecule has 2 aliphatic rings. The summed E-state index contributed by atoms with van der Waals surface area (Å²) in [5, 5.41) is 0. The van der Waals surface area contributed by atoms with Crippen LogP contribution < -0.4 is 9.46 Å².